The monoisotopic (exact) mass is 493 g/mol. The molecule has 0 bridgehead atoms. The van der Waals surface area contributed by atoms with E-state index < -0.39 is 5.97 Å². The molecule has 4 rings (SSSR count). The summed E-state index contributed by atoms with van der Waals surface area (Å²) in [6.07, 6.45) is 2.29. The number of benzene rings is 3. The molecule has 0 saturated carbocycles. The van der Waals surface area contributed by atoms with Gasteiger partial charge in [0.25, 0.3) is 0 Å². The smallest absolute Gasteiger partial charge is 0.307 e. The van der Waals surface area contributed by atoms with Crippen molar-refractivity contribution in [3.8, 4) is 22.8 Å². The number of nitrogens with zero attached hydrogens (tertiary/aromatic N) is 1. The molecule has 1 heterocycles. The zero-order chi connectivity index (χ0) is 24.8. The van der Waals surface area contributed by atoms with Crippen molar-refractivity contribution in [2.75, 3.05) is 6.61 Å². The van der Waals surface area contributed by atoms with E-state index >= 15 is 0 Å². The fourth-order valence-corrected chi connectivity index (χ4v) is 4.29. The first-order valence-electron chi connectivity index (χ1n) is 11.7. The highest BCUT2D eigenvalue weighted by molar-refractivity contribution is 6.32. The molecule has 1 aromatic heterocycles. The highest BCUT2D eigenvalue weighted by atomic mass is 35.5. The van der Waals surface area contributed by atoms with Crippen molar-refractivity contribution in [1.29, 1.82) is 0 Å². The van der Waals surface area contributed by atoms with Gasteiger partial charge in [0.2, 0.25) is 0 Å². The molecule has 0 fully saturated rings. The Hall–Kier alpha value is -3.51. The topological polar surface area (TPSA) is 81.8 Å². The predicted octanol–water partition coefficient (Wildman–Crippen LogP) is 6.96. The summed E-state index contributed by atoms with van der Waals surface area (Å²) >= 11 is 6.26. The number of carboxylic acids is 1. The first-order valence-corrected chi connectivity index (χ1v) is 12.1. The van der Waals surface area contributed by atoms with Gasteiger partial charge >= 0.3 is 5.97 Å². The molecular weight excluding hydrogens is 466 g/mol. The van der Waals surface area contributed by atoms with E-state index in [4.69, 9.17) is 30.7 Å². The van der Waals surface area contributed by atoms with Crippen molar-refractivity contribution >= 4 is 28.5 Å². The van der Waals surface area contributed by atoms with E-state index in [1.54, 1.807) is 18.2 Å². The minimum atomic E-state index is -0.899. The fourth-order valence-electron chi connectivity index (χ4n) is 4.04. The Morgan fingerprint density at radius 1 is 1.11 bits per heavy atom. The third kappa shape index (κ3) is 5.95. The molecule has 0 aliphatic heterocycles. The minimum absolute atomic E-state index is 0.0755. The van der Waals surface area contributed by atoms with Gasteiger partial charge in [-0.3, -0.25) is 4.79 Å². The number of carboxylic acid groups (broad SMARTS) is 1. The molecule has 0 aliphatic rings. The highest BCUT2D eigenvalue weighted by Gasteiger charge is 2.18. The predicted molar refractivity (Wildman–Crippen MR) is 136 cm³/mol. The van der Waals surface area contributed by atoms with Crippen LogP contribution in [0.3, 0.4) is 0 Å². The summed E-state index contributed by atoms with van der Waals surface area (Å²) < 4.78 is 17.9. The Morgan fingerprint density at radius 2 is 1.94 bits per heavy atom. The maximum absolute atomic E-state index is 10.9. The number of halogens is 1. The van der Waals surface area contributed by atoms with E-state index in [1.165, 1.54) is 0 Å². The number of rotatable bonds is 11. The number of carbonyl (C=O) groups is 1. The molecule has 0 saturated heterocycles. The van der Waals surface area contributed by atoms with Crippen molar-refractivity contribution in [2.45, 2.75) is 45.6 Å². The number of fused-ring (bicyclic) bond motifs is 1. The van der Waals surface area contributed by atoms with Crippen LogP contribution in [0.2, 0.25) is 5.02 Å². The first-order chi connectivity index (χ1) is 17.0. The first kappa shape index (κ1) is 24.6. The van der Waals surface area contributed by atoms with Gasteiger partial charge in [-0.15, -0.1) is 0 Å². The van der Waals surface area contributed by atoms with Gasteiger partial charge in [0.05, 0.1) is 24.2 Å². The van der Waals surface area contributed by atoms with Crippen molar-refractivity contribution in [3.63, 3.8) is 0 Å². The van der Waals surface area contributed by atoms with Crippen molar-refractivity contribution in [2.24, 2.45) is 0 Å². The van der Waals surface area contributed by atoms with Crippen LogP contribution in [0.4, 0.5) is 0 Å². The van der Waals surface area contributed by atoms with Gasteiger partial charge in [0, 0.05) is 22.9 Å². The summed E-state index contributed by atoms with van der Waals surface area (Å²) in [5.41, 5.74) is 3.56. The molecule has 3 aromatic carbocycles. The molecule has 0 spiro atoms. The Bertz CT molecular complexity index is 1320. The van der Waals surface area contributed by atoms with E-state index in [1.807, 2.05) is 43.3 Å². The minimum Gasteiger partial charge on any atom is -0.492 e. The molecule has 7 heteroatoms. The summed E-state index contributed by atoms with van der Waals surface area (Å²) in [6.45, 7) is 4.56. The zero-order valence-electron chi connectivity index (χ0n) is 19.8. The molecule has 1 unspecified atom stereocenters. The summed E-state index contributed by atoms with van der Waals surface area (Å²) in [5.74, 6) is 1.21. The van der Waals surface area contributed by atoms with Crippen LogP contribution in [-0.4, -0.2) is 28.9 Å². The lowest BCUT2D eigenvalue weighted by Gasteiger charge is -2.19. The normalized spacial score (nSPS) is 12.0. The number of ether oxygens (including phenoxy) is 2. The van der Waals surface area contributed by atoms with Crippen LogP contribution in [0.15, 0.2) is 65.2 Å². The number of hydrogen-bond donors (Lipinski definition) is 1. The van der Waals surface area contributed by atoms with Crippen LogP contribution in [0.25, 0.3) is 22.2 Å². The third-order valence-corrected chi connectivity index (χ3v) is 6.02. The average Bonchev–Trinajstić information content (AvgIpc) is 3.25. The van der Waals surface area contributed by atoms with Crippen LogP contribution in [0.1, 0.15) is 37.8 Å². The standard InChI is InChI=1S/C28H28ClNO5/c1-3-7-20-21(28-22-8-4-5-10-24(22)30-35-28)9-6-11-25(20)34-18(2)14-15-33-26-13-12-19(16-23(26)29)17-27(31)32/h4-6,8-13,16,18H,3,7,14-15,17H2,1-2H3,(H,31,32). The molecule has 0 amide bonds. The number of aliphatic carboxylic acids is 1. The van der Waals surface area contributed by atoms with Crippen LogP contribution in [0.5, 0.6) is 11.5 Å². The SMILES string of the molecule is CCCc1c(OC(C)CCOc2ccc(CC(=O)O)cc2Cl)cccc1-c1onc2ccccc12. The second kappa shape index (κ2) is 11.3. The summed E-state index contributed by atoms with van der Waals surface area (Å²) in [4.78, 5) is 10.9. The maximum atomic E-state index is 10.9. The number of aromatic nitrogens is 1. The van der Waals surface area contributed by atoms with Gasteiger partial charge in [-0.1, -0.05) is 60.4 Å². The van der Waals surface area contributed by atoms with Crippen LogP contribution in [-0.2, 0) is 17.6 Å². The van der Waals surface area contributed by atoms with Crippen LogP contribution in [0, 0.1) is 0 Å². The lowest BCUT2D eigenvalue weighted by atomic mass is 9.98. The molecule has 182 valence electrons. The largest absolute Gasteiger partial charge is 0.492 e. The Kier molecular flexibility index (Phi) is 7.93. The van der Waals surface area contributed by atoms with Gasteiger partial charge in [-0.25, -0.2) is 0 Å². The molecule has 35 heavy (non-hydrogen) atoms. The Morgan fingerprint density at radius 3 is 2.71 bits per heavy atom. The molecule has 1 atom stereocenters. The lowest BCUT2D eigenvalue weighted by molar-refractivity contribution is -0.136. The zero-order valence-corrected chi connectivity index (χ0v) is 20.5. The van der Waals surface area contributed by atoms with Crippen molar-refractivity contribution in [1.82, 2.24) is 5.16 Å². The summed E-state index contributed by atoms with van der Waals surface area (Å²) in [5, 5.41) is 14.5. The van der Waals surface area contributed by atoms with Crippen molar-refractivity contribution in [3.05, 3.63) is 76.8 Å². The van der Waals surface area contributed by atoms with Gasteiger partial charge in [0.15, 0.2) is 5.76 Å². The quantitative estimate of drug-likeness (QED) is 0.243. The Balaban J connectivity index is 1.44. The summed E-state index contributed by atoms with van der Waals surface area (Å²) in [7, 11) is 0. The molecule has 6 nitrogen and oxygen atoms in total. The fraction of sp³-hybridized carbons (Fsp3) is 0.286. The number of hydrogen-bond acceptors (Lipinski definition) is 5. The van der Waals surface area contributed by atoms with Crippen LogP contribution >= 0.6 is 11.6 Å². The van der Waals surface area contributed by atoms with E-state index in [9.17, 15) is 4.79 Å². The van der Waals surface area contributed by atoms with Gasteiger partial charge in [-0.05, 0) is 49.2 Å². The van der Waals surface area contributed by atoms with E-state index in [-0.39, 0.29) is 12.5 Å². The molecular formula is C28H28ClNO5. The molecule has 4 aromatic rings. The van der Waals surface area contributed by atoms with Gasteiger partial charge < -0.3 is 19.1 Å². The van der Waals surface area contributed by atoms with Gasteiger partial charge in [-0.2, -0.15) is 0 Å². The second-order valence-corrected chi connectivity index (χ2v) is 8.87. The third-order valence-electron chi connectivity index (χ3n) is 5.72. The van der Waals surface area contributed by atoms with E-state index in [0.717, 1.165) is 46.4 Å². The molecule has 0 radical (unpaired) electrons. The van der Waals surface area contributed by atoms with Gasteiger partial charge in [0.1, 0.15) is 17.0 Å². The molecule has 1 N–H and O–H groups in total. The van der Waals surface area contributed by atoms with E-state index in [0.29, 0.717) is 29.4 Å². The summed E-state index contributed by atoms with van der Waals surface area (Å²) in [6, 6.07) is 18.9. The lowest BCUT2D eigenvalue weighted by Crippen LogP contribution is -2.17. The highest BCUT2D eigenvalue weighted by Crippen LogP contribution is 2.36. The molecule has 0 aliphatic carbocycles. The van der Waals surface area contributed by atoms with Crippen molar-refractivity contribution < 1.29 is 23.9 Å². The Labute approximate surface area is 209 Å². The average molecular weight is 494 g/mol. The second-order valence-electron chi connectivity index (χ2n) is 8.46. The maximum Gasteiger partial charge on any atom is 0.307 e. The van der Waals surface area contributed by atoms with Crippen LogP contribution < -0.4 is 9.47 Å². The van der Waals surface area contributed by atoms with E-state index in [2.05, 4.69) is 18.1 Å².